The van der Waals surface area contributed by atoms with Gasteiger partial charge in [-0.15, -0.1) is 0 Å². The lowest BCUT2D eigenvalue weighted by Gasteiger charge is -2.41. The molecule has 1 aromatic heterocycles. The van der Waals surface area contributed by atoms with Gasteiger partial charge in [-0.05, 0) is 56.3 Å². The first-order valence-electron chi connectivity index (χ1n) is 12.2. The van der Waals surface area contributed by atoms with Crippen LogP contribution in [0.2, 0.25) is 0 Å². The summed E-state index contributed by atoms with van der Waals surface area (Å²) in [4.78, 5) is 13.3. The molecule has 5 rings (SSSR count). The van der Waals surface area contributed by atoms with Crippen LogP contribution in [0.5, 0.6) is 0 Å². The van der Waals surface area contributed by atoms with Crippen LogP contribution in [0.15, 0.2) is 24.5 Å². The van der Waals surface area contributed by atoms with Crippen molar-refractivity contribution in [2.45, 2.75) is 51.0 Å². The minimum atomic E-state index is 0.405. The smallest absolute Gasteiger partial charge is 0.134 e. The summed E-state index contributed by atoms with van der Waals surface area (Å²) in [6.45, 7) is 8.23. The molecule has 0 radical (unpaired) electrons. The highest BCUT2D eigenvalue weighted by Crippen LogP contribution is 2.27. The van der Waals surface area contributed by atoms with Crippen molar-refractivity contribution in [3.05, 3.63) is 30.1 Å². The predicted molar refractivity (Wildman–Crippen MR) is 127 cm³/mol. The Kier molecular flexibility index (Phi) is 8.27. The van der Waals surface area contributed by atoms with E-state index in [1.54, 1.807) is 18.2 Å². The monoisotopic (exact) mass is 436 g/mol. The Morgan fingerprint density at radius 2 is 1.84 bits per heavy atom. The summed E-state index contributed by atoms with van der Waals surface area (Å²) < 4.78 is 5.45. The third-order valence-electron chi connectivity index (χ3n) is 7.06. The molecule has 3 aliphatic rings. The van der Waals surface area contributed by atoms with Crippen molar-refractivity contribution in [3.63, 3.8) is 0 Å². The van der Waals surface area contributed by atoms with Gasteiger partial charge >= 0.3 is 0 Å². The van der Waals surface area contributed by atoms with E-state index < -0.39 is 0 Å². The second kappa shape index (κ2) is 11.6. The van der Waals surface area contributed by atoms with E-state index in [-0.39, 0.29) is 0 Å². The molecule has 1 saturated carbocycles. The van der Waals surface area contributed by atoms with E-state index in [1.807, 2.05) is 6.07 Å². The third kappa shape index (κ3) is 6.16. The number of rotatable bonds is 3. The minimum absolute atomic E-state index is 0.405. The molecule has 7 heteroatoms. The number of hydrogen-bond donors (Lipinski definition) is 1. The average Bonchev–Trinajstić information content (AvgIpc) is 2.86. The molecule has 172 valence electrons. The van der Waals surface area contributed by atoms with Gasteiger partial charge in [0.05, 0.1) is 30.4 Å². The lowest BCUT2D eigenvalue weighted by atomic mass is 9.90. The quantitative estimate of drug-likeness (QED) is 0.788. The Labute approximate surface area is 191 Å². The van der Waals surface area contributed by atoms with Crippen molar-refractivity contribution in [1.82, 2.24) is 19.8 Å². The maximum absolute atomic E-state index is 8.66. The number of nitrogens with two attached hydrogens (primary N) is 1. The summed E-state index contributed by atoms with van der Waals surface area (Å²) in [5.74, 6) is 1.32. The molecule has 2 N–H and O–H groups in total. The number of ether oxygens (including phenoxy) is 1. The summed E-state index contributed by atoms with van der Waals surface area (Å²) in [5, 5.41) is 9.38. The van der Waals surface area contributed by atoms with Gasteiger partial charge in [0.15, 0.2) is 0 Å². The molecule has 0 bridgehead atoms. The molecule has 2 aliphatic heterocycles. The number of hydrogen-bond acceptors (Lipinski definition) is 7. The molecular weight excluding hydrogens is 400 g/mol. The molecule has 3 fully saturated rings. The molecule has 1 unspecified atom stereocenters. The molecular formula is C25H36N6O. The number of anilines is 1. The van der Waals surface area contributed by atoms with Gasteiger partial charge in [-0.3, -0.25) is 4.90 Å². The molecule has 1 aromatic carbocycles. The van der Waals surface area contributed by atoms with E-state index in [0.717, 1.165) is 49.2 Å². The van der Waals surface area contributed by atoms with Gasteiger partial charge in [-0.25, -0.2) is 9.97 Å². The number of fused-ring (bicyclic) bond motifs is 1. The Morgan fingerprint density at radius 3 is 2.62 bits per heavy atom. The van der Waals surface area contributed by atoms with Crippen molar-refractivity contribution >= 4 is 16.7 Å². The zero-order valence-electron chi connectivity index (χ0n) is 19.1. The molecule has 2 saturated heterocycles. The van der Waals surface area contributed by atoms with Crippen molar-refractivity contribution in [2.24, 2.45) is 5.92 Å². The van der Waals surface area contributed by atoms with Gasteiger partial charge in [-0.2, -0.15) is 5.26 Å². The lowest BCUT2D eigenvalue weighted by Crippen LogP contribution is -2.47. The molecule has 3 heterocycles. The second-order valence-corrected chi connectivity index (χ2v) is 9.31. The number of nitrogen functional groups attached to an aromatic ring is 1. The second-order valence-electron chi connectivity index (χ2n) is 9.31. The van der Waals surface area contributed by atoms with Crippen LogP contribution in [0.1, 0.15) is 50.5 Å². The zero-order valence-corrected chi connectivity index (χ0v) is 19.1. The summed E-state index contributed by atoms with van der Waals surface area (Å²) >= 11 is 0. The van der Waals surface area contributed by atoms with Gasteiger partial charge in [0, 0.05) is 37.6 Å². The predicted octanol–water partition coefficient (Wildman–Crippen LogP) is 3.45. The van der Waals surface area contributed by atoms with Gasteiger partial charge in [0.25, 0.3) is 0 Å². The SMILES string of the molecule is C1CCC(N2CCCC(CN3CCOCC3)C2)CC1.N#Cc1ccc2ncnc(N)c2c1. The van der Waals surface area contributed by atoms with E-state index >= 15 is 0 Å². The van der Waals surface area contributed by atoms with Gasteiger partial charge in [0.2, 0.25) is 0 Å². The fraction of sp³-hybridized carbons (Fsp3) is 0.640. The lowest BCUT2D eigenvalue weighted by molar-refractivity contribution is 0.0174. The fourth-order valence-corrected chi connectivity index (χ4v) is 5.32. The highest BCUT2D eigenvalue weighted by molar-refractivity contribution is 5.88. The minimum Gasteiger partial charge on any atom is -0.383 e. The van der Waals surface area contributed by atoms with Crippen molar-refractivity contribution in [2.75, 3.05) is 51.7 Å². The van der Waals surface area contributed by atoms with E-state index in [1.165, 1.54) is 70.9 Å². The molecule has 0 spiro atoms. The number of aromatic nitrogens is 2. The van der Waals surface area contributed by atoms with Crippen molar-refractivity contribution in [3.8, 4) is 6.07 Å². The van der Waals surface area contributed by atoms with E-state index in [0.29, 0.717) is 11.4 Å². The van der Waals surface area contributed by atoms with Crippen LogP contribution in [0.4, 0.5) is 5.82 Å². The topological polar surface area (TPSA) is 91.3 Å². The van der Waals surface area contributed by atoms with Crippen LogP contribution < -0.4 is 5.73 Å². The molecule has 7 nitrogen and oxygen atoms in total. The fourth-order valence-electron chi connectivity index (χ4n) is 5.32. The molecule has 1 aliphatic carbocycles. The standard InChI is InChI=1S/C16H30N2O.C9H6N4/c1-2-6-16(7-3-1)18-8-4-5-15(14-18)13-17-9-11-19-12-10-17;10-4-6-1-2-8-7(3-6)9(11)13-5-12-8/h15-16H,1-14H2;1-3,5H,(H2,11,12,13). The Hall–Kier alpha value is -2.27. The Bertz CT molecular complexity index is 901. The maximum Gasteiger partial charge on any atom is 0.134 e. The number of morpholine rings is 1. The number of piperidine rings is 1. The van der Waals surface area contributed by atoms with Crippen LogP contribution >= 0.6 is 0 Å². The van der Waals surface area contributed by atoms with Crippen molar-refractivity contribution in [1.29, 1.82) is 5.26 Å². The largest absolute Gasteiger partial charge is 0.383 e. The van der Waals surface area contributed by atoms with Gasteiger partial charge in [0.1, 0.15) is 12.1 Å². The molecule has 2 aromatic rings. The molecule has 0 amide bonds. The summed E-state index contributed by atoms with van der Waals surface area (Å²) in [7, 11) is 0. The van der Waals surface area contributed by atoms with Crippen LogP contribution in [0.3, 0.4) is 0 Å². The summed E-state index contributed by atoms with van der Waals surface area (Å²) in [5.41, 5.74) is 6.94. The van der Waals surface area contributed by atoms with Crippen LogP contribution in [-0.2, 0) is 4.74 Å². The Balaban J connectivity index is 0.000000165. The Morgan fingerprint density at radius 1 is 1.03 bits per heavy atom. The first-order valence-corrected chi connectivity index (χ1v) is 12.2. The van der Waals surface area contributed by atoms with Crippen LogP contribution in [-0.4, -0.2) is 71.7 Å². The normalized spacial score (nSPS) is 23.3. The molecule has 32 heavy (non-hydrogen) atoms. The first-order chi connectivity index (χ1) is 15.7. The van der Waals surface area contributed by atoms with E-state index in [9.17, 15) is 0 Å². The average molecular weight is 437 g/mol. The summed E-state index contributed by atoms with van der Waals surface area (Å²) in [6.07, 6.45) is 11.6. The number of nitriles is 1. The maximum atomic E-state index is 8.66. The van der Waals surface area contributed by atoms with Crippen molar-refractivity contribution < 1.29 is 4.74 Å². The number of likely N-dealkylation sites (tertiary alicyclic amines) is 1. The van der Waals surface area contributed by atoms with E-state index in [2.05, 4.69) is 19.8 Å². The van der Waals surface area contributed by atoms with Crippen LogP contribution in [0.25, 0.3) is 10.9 Å². The van der Waals surface area contributed by atoms with Crippen LogP contribution in [0, 0.1) is 17.2 Å². The highest BCUT2D eigenvalue weighted by Gasteiger charge is 2.28. The number of benzene rings is 1. The first kappa shape index (κ1) is 22.9. The van der Waals surface area contributed by atoms with E-state index in [4.69, 9.17) is 15.7 Å². The highest BCUT2D eigenvalue weighted by atomic mass is 16.5. The van der Waals surface area contributed by atoms with Gasteiger partial charge in [-0.1, -0.05) is 19.3 Å². The summed E-state index contributed by atoms with van der Waals surface area (Å²) in [6, 6.07) is 8.10. The number of nitrogens with zero attached hydrogens (tertiary/aromatic N) is 5. The zero-order chi connectivity index (χ0) is 22.2. The molecule has 1 atom stereocenters. The third-order valence-corrected chi connectivity index (χ3v) is 7.06. The van der Waals surface area contributed by atoms with Gasteiger partial charge < -0.3 is 15.4 Å².